The topological polar surface area (TPSA) is 111 Å². The van der Waals surface area contributed by atoms with E-state index in [4.69, 9.17) is 9.47 Å². The average molecular weight is 681 g/mol. The lowest BCUT2D eigenvalue weighted by Gasteiger charge is -2.56. The van der Waals surface area contributed by atoms with Crippen LogP contribution >= 0.6 is 12.4 Å². The molecule has 8 nitrogen and oxygen atoms in total. The van der Waals surface area contributed by atoms with Crippen molar-refractivity contribution < 1.29 is 29.6 Å². The number of carbonyl (C=O) groups excluding carboxylic acids is 1. The minimum atomic E-state index is -1.20. The molecule has 8 bridgehead atoms. The van der Waals surface area contributed by atoms with Crippen molar-refractivity contribution in [2.24, 2.45) is 46.3 Å². The van der Waals surface area contributed by atoms with E-state index >= 15 is 0 Å². The van der Waals surface area contributed by atoms with Crippen molar-refractivity contribution in [2.75, 3.05) is 46.1 Å². The highest BCUT2D eigenvalue weighted by Gasteiger charge is 2.52. The van der Waals surface area contributed by atoms with E-state index in [1.807, 2.05) is 4.90 Å². The zero-order chi connectivity index (χ0) is 31.7. The van der Waals surface area contributed by atoms with Crippen molar-refractivity contribution in [3.05, 3.63) is 0 Å². The molecule has 0 aromatic carbocycles. The maximum atomic E-state index is 13.2. The van der Waals surface area contributed by atoms with Crippen LogP contribution in [0.1, 0.15) is 116 Å². The zero-order valence-electron chi connectivity index (χ0n) is 28.9. The standard InChI is InChI=1S/C38H64N2O6.ClH/c41-23-32-34(42)35(43)33(40(32)8-4-2-6-10-46-25-38-20-29-14-30(21-38)16-31(15-29)22-38)36(44)39-7-3-1-5-9-45-24-37-17-26-11-27(18-37)13-28(12-26)19-37;/h26-35,41-43H,1-25H2,(H,39,44);1H/t26?,27?,28?,29?,30?,31?,32-,33+,34+,35-,37?,38?;/m1./s1. The number of nitrogens with one attached hydrogen (secondary N) is 1. The predicted octanol–water partition coefficient (Wildman–Crippen LogP) is 5.10. The van der Waals surface area contributed by atoms with Crippen LogP contribution in [0.5, 0.6) is 0 Å². The molecule has 9 fully saturated rings. The maximum Gasteiger partial charge on any atom is 0.240 e. The fourth-order valence-corrected chi connectivity index (χ4v) is 12.8. The molecule has 4 N–H and O–H groups in total. The first-order valence-corrected chi connectivity index (χ1v) is 19.5. The zero-order valence-corrected chi connectivity index (χ0v) is 29.7. The number of hydrogen-bond donors (Lipinski definition) is 4. The molecule has 0 unspecified atom stereocenters. The van der Waals surface area contributed by atoms with Crippen molar-refractivity contribution in [1.82, 2.24) is 10.2 Å². The molecule has 9 rings (SSSR count). The lowest BCUT2D eigenvalue weighted by molar-refractivity contribution is -0.129. The van der Waals surface area contributed by atoms with Gasteiger partial charge in [0, 0.05) is 19.8 Å². The van der Waals surface area contributed by atoms with Crippen molar-refractivity contribution in [1.29, 1.82) is 0 Å². The predicted molar refractivity (Wildman–Crippen MR) is 184 cm³/mol. The molecule has 1 aliphatic heterocycles. The van der Waals surface area contributed by atoms with Gasteiger partial charge in [0.1, 0.15) is 12.1 Å². The van der Waals surface area contributed by atoms with Gasteiger partial charge in [0.25, 0.3) is 0 Å². The van der Waals surface area contributed by atoms with E-state index in [1.54, 1.807) is 0 Å². The number of hydrogen-bond acceptors (Lipinski definition) is 7. The lowest BCUT2D eigenvalue weighted by atomic mass is 9.50. The summed E-state index contributed by atoms with van der Waals surface area (Å²) < 4.78 is 12.5. The minimum absolute atomic E-state index is 0. The van der Waals surface area contributed by atoms with E-state index < -0.39 is 24.3 Å². The lowest BCUT2D eigenvalue weighted by Crippen LogP contribution is -2.50. The molecule has 1 amide bonds. The number of likely N-dealkylation sites (tertiary alicyclic amines) is 1. The Balaban J connectivity index is 0.00000386. The van der Waals surface area contributed by atoms with Crippen molar-refractivity contribution in [3.63, 3.8) is 0 Å². The summed E-state index contributed by atoms with van der Waals surface area (Å²) in [6.45, 7) is 4.26. The van der Waals surface area contributed by atoms with E-state index in [-0.39, 0.29) is 24.9 Å². The monoisotopic (exact) mass is 680 g/mol. The molecule has 8 saturated carbocycles. The van der Waals surface area contributed by atoms with Crippen LogP contribution in [0.25, 0.3) is 0 Å². The summed E-state index contributed by atoms with van der Waals surface area (Å²) in [5.41, 5.74) is 0.919. The molecule has 0 radical (unpaired) electrons. The van der Waals surface area contributed by atoms with Crippen LogP contribution in [-0.2, 0) is 14.3 Å². The average Bonchev–Trinajstić information content (AvgIpc) is 3.24. The Morgan fingerprint density at radius 1 is 0.660 bits per heavy atom. The van der Waals surface area contributed by atoms with Crippen LogP contribution in [0, 0.1) is 46.3 Å². The molecular formula is C38H65ClN2O6. The number of aliphatic hydroxyl groups excluding tert-OH is 3. The highest BCUT2D eigenvalue weighted by molar-refractivity contribution is 5.85. The van der Waals surface area contributed by atoms with Gasteiger partial charge in [-0.3, -0.25) is 9.69 Å². The highest BCUT2D eigenvalue weighted by Crippen LogP contribution is 2.61. The molecule has 8 aliphatic carbocycles. The third-order valence-corrected chi connectivity index (χ3v) is 13.9. The number of rotatable bonds is 18. The number of amides is 1. The SMILES string of the molecule is Cl.O=C(NCCCCCOCC12CC3CC(CC(C3)C1)C2)[C@@H]1[C@@H](O)[C@@H](O)[C@@H](CO)N1CCCCCOCC12CC3CC(CC(C3)C1)C2. The third-order valence-electron chi connectivity index (χ3n) is 13.9. The quantitative estimate of drug-likeness (QED) is 0.149. The Hall–Kier alpha value is -0.480. The largest absolute Gasteiger partial charge is 0.395 e. The van der Waals surface area contributed by atoms with Gasteiger partial charge in [-0.15, -0.1) is 12.4 Å². The van der Waals surface area contributed by atoms with Crippen molar-refractivity contribution in [3.8, 4) is 0 Å². The van der Waals surface area contributed by atoms with Crippen molar-refractivity contribution >= 4 is 18.3 Å². The number of halogens is 1. The fraction of sp³-hybridized carbons (Fsp3) is 0.974. The van der Waals surface area contributed by atoms with Crippen LogP contribution in [0.2, 0.25) is 0 Å². The second kappa shape index (κ2) is 15.8. The molecule has 0 aromatic heterocycles. The molecule has 9 heteroatoms. The molecule has 9 aliphatic rings. The van der Waals surface area contributed by atoms with Crippen molar-refractivity contribution in [2.45, 2.75) is 140 Å². The molecule has 270 valence electrons. The van der Waals surface area contributed by atoms with Gasteiger partial charge >= 0.3 is 0 Å². The second-order valence-electron chi connectivity index (χ2n) is 17.8. The van der Waals surface area contributed by atoms with Gasteiger partial charge in [-0.05, 0) is 168 Å². The van der Waals surface area contributed by atoms with Gasteiger partial charge in [0.15, 0.2) is 0 Å². The number of nitrogens with zero attached hydrogens (tertiary/aromatic N) is 1. The van der Waals surface area contributed by atoms with E-state index in [1.165, 1.54) is 77.0 Å². The number of ether oxygens (including phenoxy) is 2. The third kappa shape index (κ3) is 8.20. The van der Waals surface area contributed by atoms with Gasteiger partial charge in [-0.2, -0.15) is 0 Å². The molecule has 4 atom stereocenters. The minimum Gasteiger partial charge on any atom is -0.395 e. The first-order chi connectivity index (χ1) is 22.3. The van der Waals surface area contributed by atoms with Crippen LogP contribution in [-0.4, -0.2) is 96.5 Å². The second-order valence-corrected chi connectivity index (χ2v) is 17.8. The van der Waals surface area contributed by atoms with Crippen LogP contribution in [0.4, 0.5) is 0 Å². The normalized spacial score (nSPS) is 43.0. The number of aliphatic hydroxyl groups is 3. The molecule has 1 saturated heterocycles. The van der Waals surface area contributed by atoms with Crippen LogP contribution < -0.4 is 5.32 Å². The van der Waals surface area contributed by atoms with E-state index in [9.17, 15) is 20.1 Å². The fourth-order valence-electron chi connectivity index (χ4n) is 12.8. The maximum absolute atomic E-state index is 13.2. The van der Waals surface area contributed by atoms with E-state index in [2.05, 4.69) is 5.32 Å². The first-order valence-electron chi connectivity index (χ1n) is 19.5. The van der Waals surface area contributed by atoms with Gasteiger partial charge in [0.2, 0.25) is 5.91 Å². The van der Waals surface area contributed by atoms with Gasteiger partial charge in [0.05, 0.1) is 32.0 Å². The van der Waals surface area contributed by atoms with Crippen LogP contribution in [0.3, 0.4) is 0 Å². The summed E-state index contributed by atoms with van der Waals surface area (Å²) in [7, 11) is 0. The van der Waals surface area contributed by atoms with E-state index in [0.717, 1.165) is 100 Å². The Morgan fingerprint density at radius 3 is 1.55 bits per heavy atom. The summed E-state index contributed by atoms with van der Waals surface area (Å²) in [6.07, 6.45) is 20.4. The molecule has 1 heterocycles. The Bertz CT molecular complexity index is 958. The number of unbranched alkanes of at least 4 members (excludes halogenated alkanes) is 4. The molecule has 0 aromatic rings. The summed E-state index contributed by atoms with van der Waals surface area (Å²) in [5, 5.41) is 34.4. The van der Waals surface area contributed by atoms with Gasteiger partial charge < -0.3 is 30.1 Å². The number of carbonyl (C=O) groups is 1. The summed E-state index contributed by atoms with van der Waals surface area (Å²) in [5.74, 6) is 5.48. The smallest absolute Gasteiger partial charge is 0.240 e. The van der Waals surface area contributed by atoms with Gasteiger partial charge in [-0.1, -0.05) is 0 Å². The summed E-state index contributed by atoms with van der Waals surface area (Å²) in [6, 6.07) is -1.45. The highest BCUT2D eigenvalue weighted by atomic mass is 35.5. The van der Waals surface area contributed by atoms with E-state index in [0.29, 0.717) is 23.9 Å². The van der Waals surface area contributed by atoms with Crippen LogP contribution in [0.15, 0.2) is 0 Å². The Labute approximate surface area is 289 Å². The van der Waals surface area contributed by atoms with Gasteiger partial charge in [-0.25, -0.2) is 0 Å². The molecule has 47 heavy (non-hydrogen) atoms. The summed E-state index contributed by atoms with van der Waals surface area (Å²) in [4.78, 5) is 15.0. The molecular weight excluding hydrogens is 616 g/mol. The molecule has 0 spiro atoms. The Morgan fingerprint density at radius 2 is 1.11 bits per heavy atom. The first kappa shape index (κ1) is 36.3. The summed E-state index contributed by atoms with van der Waals surface area (Å²) >= 11 is 0. The Kier molecular flexibility index (Phi) is 12.2.